The number of carbonyl (C=O) groups excluding carboxylic acids is 1. The van der Waals surface area contributed by atoms with Gasteiger partial charge in [-0.1, -0.05) is 13.8 Å². The highest BCUT2D eigenvalue weighted by Crippen LogP contribution is 2.33. The van der Waals surface area contributed by atoms with E-state index in [0.717, 1.165) is 6.07 Å². The molecule has 0 aliphatic heterocycles. The molecule has 0 unspecified atom stereocenters. The molecule has 7 heteroatoms. The van der Waals surface area contributed by atoms with E-state index in [-0.39, 0.29) is 22.4 Å². The minimum atomic E-state index is -1.14. The average molecular weight is 363 g/mol. The predicted octanol–water partition coefficient (Wildman–Crippen LogP) is 4.20. The summed E-state index contributed by atoms with van der Waals surface area (Å²) in [6, 6.07) is 4.21. The monoisotopic (exact) mass is 363 g/mol. The van der Waals surface area contributed by atoms with Gasteiger partial charge in [-0.05, 0) is 36.1 Å². The summed E-state index contributed by atoms with van der Waals surface area (Å²) in [7, 11) is 0. The van der Waals surface area contributed by atoms with Gasteiger partial charge in [-0.15, -0.1) is 0 Å². The van der Waals surface area contributed by atoms with Gasteiger partial charge >= 0.3 is 5.97 Å². The second-order valence-corrected chi connectivity index (χ2v) is 5.86. The molecule has 1 aromatic carbocycles. The van der Waals surface area contributed by atoms with Gasteiger partial charge < -0.3 is 10.2 Å². The number of carbonyl (C=O) groups is 2. The molecule has 0 saturated heterocycles. The Kier molecular flexibility index (Phi) is 5.58. The van der Waals surface area contributed by atoms with Crippen molar-refractivity contribution in [2.24, 2.45) is 0 Å². The standard InChI is InChI=1S/C16H12FNO4S.C2H6/c1-8-10(6-13(20)21)14-11(2-3-12(19)15(14)17)18(8)16(22)9-4-5-23-7-9;1-2/h2-5,7,19H,6H2,1H3,(H,20,21);1-2H3. The van der Waals surface area contributed by atoms with Gasteiger partial charge in [-0.2, -0.15) is 11.3 Å². The molecule has 2 heterocycles. The summed E-state index contributed by atoms with van der Waals surface area (Å²) in [5, 5.41) is 22.0. The molecule has 25 heavy (non-hydrogen) atoms. The second-order valence-electron chi connectivity index (χ2n) is 5.08. The number of hydrogen-bond donors (Lipinski definition) is 2. The maximum atomic E-state index is 14.3. The summed E-state index contributed by atoms with van der Waals surface area (Å²) in [6.07, 6.45) is -0.438. The number of phenolic OH excluding ortho intramolecular Hbond substituents is 1. The molecular weight excluding hydrogens is 345 g/mol. The van der Waals surface area contributed by atoms with Gasteiger partial charge in [-0.3, -0.25) is 14.2 Å². The first-order valence-corrected chi connectivity index (χ1v) is 8.66. The van der Waals surface area contributed by atoms with Crippen LogP contribution in [0, 0.1) is 12.7 Å². The summed E-state index contributed by atoms with van der Waals surface area (Å²) in [5.41, 5.74) is 1.21. The minimum Gasteiger partial charge on any atom is -0.505 e. The SMILES string of the molecule is CC.Cc1c(CC(=O)O)c2c(F)c(O)ccc2n1C(=O)c1ccsc1. The van der Waals surface area contributed by atoms with Crippen molar-refractivity contribution in [1.82, 2.24) is 4.57 Å². The van der Waals surface area contributed by atoms with E-state index < -0.39 is 24.0 Å². The van der Waals surface area contributed by atoms with Crippen LogP contribution >= 0.6 is 11.3 Å². The fourth-order valence-corrected chi connectivity index (χ4v) is 3.30. The van der Waals surface area contributed by atoms with Gasteiger partial charge in [0.15, 0.2) is 11.6 Å². The lowest BCUT2D eigenvalue weighted by Gasteiger charge is -2.06. The largest absolute Gasteiger partial charge is 0.505 e. The number of thiophene rings is 1. The molecule has 3 rings (SSSR count). The van der Waals surface area contributed by atoms with Crippen LogP contribution in [-0.2, 0) is 11.2 Å². The van der Waals surface area contributed by atoms with E-state index in [1.807, 2.05) is 13.8 Å². The molecule has 0 atom stereocenters. The third-order valence-electron chi connectivity index (χ3n) is 3.71. The molecule has 0 fully saturated rings. The van der Waals surface area contributed by atoms with Crippen LogP contribution in [0.3, 0.4) is 0 Å². The van der Waals surface area contributed by atoms with Crippen molar-refractivity contribution in [3.8, 4) is 5.75 Å². The Bertz CT molecular complexity index is 929. The summed E-state index contributed by atoms with van der Waals surface area (Å²) >= 11 is 1.35. The first-order valence-electron chi connectivity index (χ1n) is 7.72. The van der Waals surface area contributed by atoms with Gasteiger partial charge in [0.2, 0.25) is 0 Å². The quantitative estimate of drug-likeness (QED) is 0.731. The van der Waals surface area contributed by atoms with Crippen molar-refractivity contribution in [2.45, 2.75) is 27.2 Å². The van der Waals surface area contributed by atoms with Crippen molar-refractivity contribution in [3.63, 3.8) is 0 Å². The van der Waals surface area contributed by atoms with Crippen molar-refractivity contribution in [1.29, 1.82) is 0 Å². The molecule has 0 spiro atoms. The Balaban J connectivity index is 0.00000109. The van der Waals surface area contributed by atoms with Crippen LogP contribution in [0.4, 0.5) is 4.39 Å². The van der Waals surface area contributed by atoms with Crippen molar-refractivity contribution in [3.05, 3.63) is 51.6 Å². The Hall–Kier alpha value is -2.67. The van der Waals surface area contributed by atoms with E-state index in [9.17, 15) is 19.1 Å². The molecule has 0 saturated carbocycles. The van der Waals surface area contributed by atoms with Crippen LogP contribution in [0.2, 0.25) is 0 Å². The number of carboxylic acids is 1. The Morgan fingerprint density at radius 3 is 2.48 bits per heavy atom. The molecular formula is C18H18FNO4S. The predicted molar refractivity (Wildman–Crippen MR) is 95.0 cm³/mol. The highest BCUT2D eigenvalue weighted by Gasteiger charge is 2.24. The summed E-state index contributed by atoms with van der Waals surface area (Å²) in [4.78, 5) is 23.8. The number of aromatic hydroxyl groups is 1. The van der Waals surface area contributed by atoms with Gasteiger partial charge in [0.1, 0.15) is 0 Å². The zero-order valence-electron chi connectivity index (χ0n) is 14.0. The maximum Gasteiger partial charge on any atom is 0.307 e. The third-order valence-corrected chi connectivity index (χ3v) is 4.40. The van der Waals surface area contributed by atoms with Gasteiger partial charge in [0, 0.05) is 16.5 Å². The molecule has 3 aromatic rings. The first kappa shape index (κ1) is 18.7. The van der Waals surface area contributed by atoms with Gasteiger partial charge in [-0.25, -0.2) is 4.39 Å². The number of nitrogens with zero attached hydrogens (tertiary/aromatic N) is 1. The fourth-order valence-electron chi connectivity index (χ4n) is 2.67. The van der Waals surface area contributed by atoms with Crippen LogP contribution < -0.4 is 0 Å². The Morgan fingerprint density at radius 1 is 1.24 bits per heavy atom. The molecule has 0 aliphatic carbocycles. The minimum absolute atomic E-state index is 0.0338. The van der Waals surface area contributed by atoms with Crippen LogP contribution in [0.1, 0.15) is 35.5 Å². The van der Waals surface area contributed by atoms with E-state index in [4.69, 9.17) is 5.11 Å². The Morgan fingerprint density at radius 2 is 1.92 bits per heavy atom. The zero-order chi connectivity index (χ0) is 18.7. The van der Waals surface area contributed by atoms with Crippen molar-refractivity contribution >= 4 is 34.1 Å². The molecule has 0 bridgehead atoms. The van der Waals surface area contributed by atoms with E-state index in [1.54, 1.807) is 23.8 Å². The van der Waals surface area contributed by atoms with E-state index in [0.29, 0.717) is 11.3 Å². The summed E-state index contributed by atoms with van der Waals surface area (Å²) < 4.78 is 15.6. The van der Waals surface area contributed by atoms with E-state index in [1.165, 1.54) is 22.0 Å². The van der Waals surface area contributed by atoms with Gasteiger partial charge in [0.25, 0.3) is 5.91 Å². The lowest BCUT2D eigenvalue weighted by Crippen LogP contribution is -2.13. The number of carboxylic acid groups (broad SMARTS) is 1. The lowest BCUT2D eigenvalue weighted by atomic mass is 10.1. The number of aromatic nitrogens is 1. The highest BCUT2D eigenvalue weighted by molar-refractivity contribution is 7.08. The summed E-state index contributed by atoms with van der Waals surface area (Å²) in [6.45, 7) is 5.57. The molecule has 5 nitrogen and oxygen atoms in total. The molecule has 0 radical (unpaired) electrons. The van der Waals surface area contributed by atoms with Crippen LogP contribution in [0.5, 0.6) is 5.75 Å². The van der Waals surface area contributed by atoms with Crippen molar-refractivity contribution < 1.29 is 24.2 Å². The van der Waals surface area contributed by atoms with E-state index in [2.05, 4.69) is 0 Å². The first-order chi connectivity index (χ1) is 11.9. The number of hydrogen-bond acceptors (Lipinski definition) is 4. The number of benzene rings is 1. The van der Waals surface area contributed by atoms with Crippen molar-refractivity contribution in [2.75, 3.05) is 0 Å². The van der Waals surface area contributed by atoms with Crippen LogP contribution in [0.25, 0.3) is 10.9 Å². The lowest BCUT2D eigenvalue weighted by molar-refractivity contribution is -0.136. The highest BCUT2D eigenvalue weighted by atomic mass is 32.1. The third kappa shape index (κ3) is 3.28. The zero-order valence-corrected chi connectivity index (χ0v) is 14.9. The molecule has 2 aromatic heterocycles. The number of rotatable bonds is 3. The van der Waals surface area contributed by atoms with E-state index >= 15 is 0 Å². The molecule has 2 N–H and O–H groups in total. The maximum absolute atomic E-state index is 14.3. The summed E-state index contributed by atoms with van der Waals surface area (Å²) in [5.74, 6) is -3.00. The number of aliphatic carboxylic acids is 1. The average Bonchev–Trinajstić information content (AvgIpc) is 3.20. The van der Waals surface area contributed by atoms with Gasteiger partial charge in [0.05, 0.1) is 17.5 Å². The Labute approximate surface area is 148 Å². The number of phenols is 1. The second kappa shape index (κ2) is 7.48. The molecule has 132 valence electrons. The number of fused-ring (bicyclic) bond motifs is 1. The smallest absolute Gasteiger partial charge is 0.307 e. The fraction of sp³-hybridized carbons (Fsp3) is 0.222. The molecule has 0 aliphatic rings. The normalized spacial score (nSPS) is 10.4. The van der Waals surface area contributed by atoms with Crippen LogP contribution in [0.15, 0.2) is 29.0 Å². The number of halogens is 1. The topological polar surface area (TPSA) is 79.5 Å². The van der Waals surface area contributed by atoms with Crippen LogP contribution in [-0.4, -0.2) is 26.7 Å². The molecule has 0 amide bonds.